The molecule has 0 aliphatic rings. The van der Waals surface area contributed by atoms with Gasteiger partial charge >= 0.3 is 0 Å². The number of amides is 2. The van der Waals surface area contributed by atoms with E-state index < -0.39 is 0 Å². The molecule has 0 atom stereocenters. The minimum absolute atomic E-state index is 0.243. The van der Waals surface area contributed by atoms with Crippen LogP contribution in [-0.4, -0.2) is 18.0 Å². The van der Waals surface area contributed by atoms with E-state index in [1.54, 1.807) is 42.6 Å². The number of nitrogens with zero attached hydrogens (tertiary/aromatic N) is 1. The lowest BCUT2D eigenvalue weighted by atomic mass is 10.1. The molecule has 0 saturated heterocycles. The third-order valence-corrected chi connectivity index (χ3v) is 4.74. The Morgan fingerprint density at radius 1 is 0.917 bits per heavy atom. The third kappa shape index (κ3) is 3.95. The molecule has 0 spiro atoms. The van der Waals surface area contributed by atoms with Gasteiger partial charge in [0.2, 0.25) is 0 Å². The van der Waals surface area contributed by atoms with E-state index in [-0.39, 0.29) is 11.8 Å². The highest BCUT2D eigenvalue weighted by atomic mass is 32.1. The van der Waals surface area contributed by atoms with Crippen LogP contribution in [0.1, 0.15) is 24.9 Å². The number of nitrogens with one attached hydrogen (secondary N) is 2. The predicted molar refractivity (Wildman–Crippen MR) is 98.1 cm³/mol. The van der Waals surface area contributed by atoms with Crippen molar-refractivity contribution in [2.24, 2.45) is 5.10 Å². The maximum absolute atomic E-state index is 12.3. The number of rotatable bonds is 5. The minimum atomic E-state index is -0.384. The highest BCUT2D eigenvalue weighted by Gasteiger charge is 2.14. The molecule has 0 aliphatic carbocycles. The summed E-state index contributed by atoms with van der Waals surface area (Å²) in [6.45, 7) is 0. The third-order valence-electron chi connectivity index (χ3n) is 3.07. The van der Waals surface area contributed by atoms with Gasteiger partial charge in [0, 0.05) is 4.88 Å². The van der Waals surface area contributed by atoms with E-state index in [9.17, 15) is 9.59 Å². The Kier molecular flexibility index (Phi) is 5.15. The number of benzene rings is 1. The monoisotopic (exact) mass is 355 g/mol. The molecule has 2 aromatic heterocycles. The van der Waals surface area contributed by atoms with Gasteiger partial charge in [-0.1, -0.05) is 24.3 Å². The Morgan fingerprint density at radius 3 is 2.46 bits per heavy atom. The summed E-state index contributed by atoms with van der Waals surface area (Å²) >= 11 is 2.87. The molecular formula is C17H13N3O2S2. The van der Waals surface area contributed by atoms with E-state index in [0.717, 1.165) is 4.88 Å². The lowest BCUT2D eigenvalue weighted by Gasteiger charge is -2.09. The fourth-order valence-corrected chi connectivity index (χ4v) is 3.17. The van der Waals surface area contributed by atoms with Crippen molar-refractivity contribution in [1.82, 2.24) is 5.43 Å². The Labute approximate surface area is 146 Å². The van der Waals surface area contributed by atoms with E-state index in [1.165, 1.54) is 22.7 Å². The fraction of sp³-hybridized carbons (Fsp3) is 0. The zero-order valence-electron chi connectivity index (χ0n) is 12.4. The van der Waals surface area contributed by atoms with Crippen molar-refractivity contribution < 1.29 is 9.59 Å². The molecule has 0 aliphatic heterocycles. The summed E-state index contributed by atoms with van der Waals surface area (Å²) in [5.41, 5.74) is 3.27. The lowest BCUT2D eigenvalue weighted by Crippen LogP contribution is -2.21. The Morgan fingerprint density at radius 2 is 1.71 bits per heavy atom. The molecule has 2 heterocycles. The number of thiophene rings is 2. The first-order chi connectivity index (χ1) is 11.7. The van der Waals surface area contributed by atoms with Gasteiger partial charge in [0.15, 0.2) is 0 Å². The number of anilines is 1. The maximum atomic E-state index is 12.3. The molecule has 5 nitrogen and oxygen atoms in total. The van der Waals surface area contributed by atoms with Crippen molar-refractivity contribution in [1.29, 1.82) is 0 Å². The standard InChI is InChI=1S/C17H13N3O2S2/c21-16(20-18-11-12-5-3-9-23-12)13-6-1-2-7-14(13)19-17(22)15-8-4-10-24-15/h1-11H,(H,19,22)(H,20,21)/b18-11-. The van der Waals surface area contributed by atoms with Gasteiger partial charge < -0.3 is 5.32 Å². The van der Waals surface area contributed by atoms with Crippen LogP contribution in [0.15, 0.2) is 64.4 Å². The first kappa shape index (κ1) is 16.1. The Bertz CT molecular complexity index is 856. The number of hydrazone groups is 1. The van der Waals surface area contributed by atoms with Crippen LogP contribution >= 0.6 is 22.7 Å². The van der Waals surface area contributed by atoms with E-state index >= 15 is 0 Å². The van der Waals surface area contributed by atoms with Crippen LogP contribution in [0.3, 0.4) is 0 Å². The van der Waals surface area contributed by atoms with Crippen molar-refractivity contribution >= 4 is 46.4 Å². The van der Waals surface area contributed by atoms with Gasteiger partial charge in [0.25, 0.3) is 11.8 Å². The predicted octanol–water partition coefficient (Wildman–Crippen LogP) is 3.83. The summed E-state index contributed by atoms with van der Waals surface area (Å²) in [5.74, 6) is -0.628. The second-order valence-corrected chi connectivity index (χ2v) is 6.62. The molecule has 3 rings (SSSR count). The molecule has 24 heavy (non-hydrogen) atoms. The summed E-state index contributed by atoms with van der Waals surface area (Å²) in [4.78, 5) is 26.0. The lowest BCUT2D eigenvalue weighted by molar-refractivity contribution is 0.0956. The van der Waals surface area contributed by atoms with Crippen LogP contribution < -0.4 is 10.7 Å². The average molecular weight is 355 g/mol. The number of hydrogen-bond donors (Lipinski definition) is 2. The number of hydrogen-bond acceptors (Lipinski definition) is 5. The SMILES string of the molecule is O=C(Nc1ccccc1C(=O)N/N=C\c1cccs1)c1cccs1. The van der Waals surface area contributed by atoms with Gasteiger partial charge in [-0.05, 0) is 35.0 Å². The molecule has 0 saturated carbocycles. The molecule has 2 N–H and O–H groups in total. The summed E-state index contributed by atoms with van der Waals surface area (Å²) in [6, 6.07) is 14.2. The van der Waals surface area contributed by atoms with Gasteiger partial charge in [-0.15, -0.1) is 22.7 Å². The Hall–Kier alpha value is -2.77. The van der Waals surface area contributed by atoms with Crippen LogP contribution in [0.4, 0.5) is 5.69 Å². The number of carbonyl (C=O) groups excluding carboxylic acids is 2. The largest absolute Gasteiger partial charge is 0.321 e. The quantitative estimate of drug-likeness (QED) is 0.539. The molecule has 0 fully saturated rings. The van der Waals surface area contributed by atoms with Crippen LogP contribution in [-0.2, 0) is 0 Å². The number of carbonyl (C=O) groups is 2. The summed E-state index contributed by atoms with van der Waals surface area (Å²) in [6.07, 6.45) is 1.58. The molecule has 0 radical (unpaired) electrons. The van der Waals surface area contributed by atoms with Gasteiger partial charge in [0.05, 0.1) is 22.3 Å². The molecule has 0 bridgehead atoms. The molecule has 2 amide bonds. The van der Waals surface area contributed by atoms with E-state index in [2.05, 4.69) is 15.8 Å². The highest BCUT2D eigenvalue weighted by molar-refractivity contribution is 7.12. The van der Waals surface area contributed by atoms with Gasteiger partial charge in [0.1, 0.15) is 0 Å². The van der Waals surface area contributed by atoms with E-state index in [4.69, 9.17) is 0 Å². The zero-order valence-corrected chi connectivity index (χ0v) is 14.1. The molecule has 0 unspecified atom stereocenters. The van der Waals surface area contributed by atoms with Crippen LogP contribution in [0, 0.1) is 0 Å². The zero-order chi connectivity index (χ0) is 16.8. The average Bonchev–Trinajstić information content (AvgIpc) is 3.29. The van der Waals surface area contributed by atoms with Crippen LogP contribution in [0.2, 0.25) is 0 Å². The second-order valence-electron chi connectivity index (χ2n) is 4.69. The van der Waals surface area contributed by atoms with E-state index in [1.807, 2.05) is 22.9 Å². The van der Waals surface area contributed by atoms with E-state index in [0.29, 0.717) is 16.1 Å². The first-order valence-corrected chi connectivity index (χ1v) is 8.81. The van der Waals surface area contributed by atoms with Crippen molar-refractivity contribution in [3.05, 3.63) is 74.6 Å². The fourth-order valence-electron chi connectivity index (χ4n) is 1.96. The maximum Gasteiger partial charge on any atom is 0.273 e. The topological polar surface area (TPSA) is 70.6 Å². The minimum Gasteiger partial charge on any atom is -0.321 e. The van der Waals surface area contributed by atoms with Gasteiger partial charge in [-0.2, -0.15) is 5.10 Å². The van der Waals surface area contributed by atoms with Crippen molar-refractivity contribution in [3.63, 3.8) is 0 Å². The van der Waals surface area contributed by atoms with Crippen LogP contribution in [0.25, 0.3) is 0 Å². The van der Waals surface area contributed by atoms with Gasteiger partial charge in [-0.3, -0.25) is 9.59 Å². The van der Waals surface area contributed by atoms with Crippen molar-refractivity contribution in [3.8, 4) is 0 Å². The summed E-state index contributed by atoms with van der Waals surface area (Å²) < 4.78 is 0. The number of para-hydroxylation sites is 1. The summed E-state index contributed by atoms with van der Waals surface area (Å²) in [7, 11) is 0. The van der Waals surface area contributed by atoms with Crippen molar-refractivity contribution in [2.75, 3.05) is 5.32 Å². The van der Waals surface area contributed by atoms with Crippen molar-refractivity contribution in [2.45, 2.75) is 0 Å². The normalized spacial score (nSPS) is 10.7. The summed E-state index contributed by atoms with van der Waals surface area (Å²) in [5, 5.41) is 10.4. The Balaban J connectivity index is 1.71. The molecule has 3 aromatic rings. The smallest absolute Gasteiger partial charge is 0.273 e. The molecule has 1 aromatic carbocycles. The molecule has 7 heteroatoms. The second kappa shape index (κ2) is 7.67. The molecular weight excluding hydrogens is 342 g/mol. The van der Waals surface area contributed by atoms with Gasteiger partial charge in [-0.25, -0.2) is 5.43 Å². The first-order valence-electron chi connectivity index (χ1n) is 7.05. The molecule has 120 valence electrons. The van der Waals surface area contributed by atoms with Crippen LogP contribution in [0.5, 0.6) is 0 Å². The highest BCUT2D eigenvalue weighted by Crippen LogP contribution is 2.18.